The lowest BCUT2D eigenvalue weighted by Gasteiger charge is -2.11. The van der Waals surface area contributed by atoms with E-state index in [0.29, 0.717) is 11.3 Å². The zero-order valence-electron chi connectivity index (χ0n) is 10.2. The Hall–Kier alpha value is -2.17. The molecule has 0 unspecified atom stereocenters. The number of hydrogen-bond donors (Lipinski definition) is 1. The number of anilines is 1. The SMILES string of the molecule is COc1ccc(-c2ccc(C(F)(F)F)cc2N)cc1. The fraction of sp³-hybridized carbons (Fsp3) is 0.143. The van der Waals surface area contributed by atoms with Gasteiger partial charge in [0.2, 0.25) is 0 Å². The van der Waals surface area contributed by atoms with Crippen LogP contribution in [0.5, 0.6) is 5.75 Å². The molecule has 100 valence electrons. The van der Waals surface area contributed by atoms with Crippen LogP contribution < -0.4 is 10.5 Å². The summed E-state index contributed by atoms with van der Waals surface area (Å²) in [5, 5.41) is 0. The maximum Gasteiger partial charge on any atom is 0.416 e. The van der Waals surface area contributed by atoms with Crippen LogP contribution in [0.3, 0.4) is 0 Å². The fourth-order valence-electron chi connectivity index (χ4n) is 1.77. The van der Waals surface area contributed by atoms with Crippen molar-refractivity contribution in [3.63, 3.8) is 0 Å². The normalized spacial score (nSPS) is 11.4. The van der Waals surface area contributed by atoms with Crippen molar-refractivity contribution < 1.29 is 17.9 Å². The molecule has 2 aromatic rings. The van der Waals surface area contributed by atoms with Crippen molar-refractivity contribution in [3.8, 4) is 16.9 Å². The number of nitrogen functional groups attached to an aromatic ring is 1. The minimum Gasteiger partial charge on any atom is -0.497 e. The Morgan fingerprint density at radius 2 is 1.63 bits per heavy atom. The molecule has 0 atom stereocenters. The van der Waals surface area contributed by atoms with Crippen LogP contribution in [-0.2, 0) is 6.18 Å². The van der Waals surface area contributed by atoms with Crippen LogP contribution in [0.25, 0.3) is 11.1 Å². The highest BCUT2D eigenvalue weighted by molar-refractivity contribution is 5.77. The molecular formula is C14H12F3NO. The van der Waals surface area contributed by atoms with Crippen LogP contribution in [0, 0.1) is 0 Å². The zero-order chi connectivity index (χ0) is 14.0. The predicted octanol–water partition coefficient (Wildman–Crippen LogP) is 3.96. The van der Waals surface area contributed by atoms with Crippen molar-refractivity contribution in [1.29, 1.82) is 0 Å². The molecule has 2 aromatic carbocycles. The number of nitrogens with two attached hydrogens (primary N) is 1. The summed E-state index contributed by atoms with van der Waals surface area (Å²) in [4.78, 5) is 0. The molecule has 2 rings (SSSR count). The summed E-state index contributed by atoms with van der Waals surface area (Å²) >= 11 is 0. The Labute approximate surface area is 108 Å². The molecule has 5 heteroatoms. The number of methoxy groups -OCH3 is 1. The topological polar surface area (TPSA) is 35.2 Å². The third-order valence-electron chi connectivity index (χ3n) is 2.78. The molecule has 0 aliphatic heterocycles. The van der Waals surface area contributed by atoms with Crippen LogP contribution in [0.4, 0.5) is 18.9 Å². The second-order valence-corrected chi connectivity index (χ2v) is 4.03. The molecule has 0 radical (unpaired) electrons. The van der Waals surface area contributed by atoms with Gasteiger partial charge in [-0.2, -0.15) is 13.2 Å². The van der Waals surface area contributed by atoms with E-state index in [-0.39, 0.29) is 5.69 Å². The zero-order valence-corrected chi connectivity index (χ0v) is 10.2. The monoisotopic (exact) mass is 267 g/mol. The van der Waals surface area contributed by atoms with E-state index in [1.54, 1.807) is 31.4 Å². The van der Waals surface area contributed by atoms with E-state index >= 15 is 0 Å². The predicted molar refractivity (Wildman–Crippen MR) is 67.8 cm³/mol. The van der Waals surface area contributed by atoms with Crippen LogP contribution >= 0.6 is 0 Å². The van der Waals surface area contributed by atoms with Crippen molar-refractivity contribution >= 4 is 5.69 Å². The maximum atomic E-state index is 12.5. The molecule has 0 heterocycles. The van der Waals surface area contributed by atoms with Gasteiger partial charge in [0.15, 0.2) is 0 Å². The summed E-state index contributed by atoms with van der Waals surface area (Å²) in [7, 11) is 1.54. The average molecular weight is 267 g/mol. The molecule has 0 fully saturated rings. The number of alkyl halides is 3. The van der Waals surface area contributed by atoms with Crippen molar-refractivity contribution in [3.05, 3.63) is 48.0 Å². The molecule has 2 nitrogen and oxygen atoms in total. The third-order valence-corrected chi connectivity index (χ3v) is 2.78. The first-order valence-corrected chi connectivity index (χ1v) is 5.53. The molecule has 0 spiro atoms. The van der Waals surface area contributed by atoms with E-state index in [0.717, 1.165) is 17.7 Å². The Balaban J connectivity index is 2.40. The minimum atomic E-state index is -4.38. The third kappa shape index (κ3) is 2.81. The number of benzene rings is 2. The fourth-order valence-corrected chi connectivity index (χ4v) is 1.77. The Morgan fingerprint density at radius 1 is 1.00 bits per heavy atom. The second-order valence-electron chi connectivity index (χ2n) is 4.03. The van der Waals surface area contributed by atoms with Gasteiger partial charge in [-0.15, -0.1) is 0 Å². The van der Waals surface area contributed by atoms with Gasteiger partial charge in [0.1, 0.15) is 5.75 Å². The first-order valence-electron chi connectivity index (χ1n) is 5.53. The molecule has 0 amide bonds. The van der Waals surface area contributed by atoms with E-state index < -0.39 is 11.7 Å². The van der Waals surface area contributed by atoms with Crippen molar-refractivity contribution in [2.75, 3.05) is 12.8 Å². The van der Waals surface area contributed by atoms with Crippen molar-refractivity contribution in [2.45, 2.75) is 6.18 Å². The highest BCUT2D eigenvalue weighted by atomic mass is 19.4. The van der Waals surface area contributed by atoms with Gasteiger partial charge >= 0.3 is 6.18 Å². The molecule has 0 aromatic heterocycles. The van der Waals surface area contributed by atoms with Crippen LogP contribution in [0.2, 0.25) is 0 Å². The van der Waals surface area contributed by atoms with Gasteiger partial charge in [-0.3, -0.25) is 0 Å². The number of ether oxygens (including phenoxy) is 1. The average Bonchev–Trinajstić information content (AvgIpc) is 2.38. The van der Waals surface area contributed by atoms with Crippen LogP contribution in [0.15, 0.2) is 42.5 Å². The van der Waals surface area contributed by atoms with Gasteiger partial charge in [0.05, 0.1) is 12.7 Å². The maximum absolute atomic E-state index is 12.5. The second kappa shape index (κ2) is 4.84. The van der Waals surface area contributed by atoms with Gasteiger partial charge < -0.3 is 10.5 Å². The summed E-state index contributed by atoms with van der Waals surface area (Å²) in [5.41, 5.74) is 6.35. The summed E-state index contributed by atoms with van der Waals surface area (Å²) in [6.45, 7) is 0. The van der Waals surface area contributed by atoms with Gasteiger partial charge in [-0.25, -0.2) is 0 Å². The Morgan fingerprint density at radius 3 is 2.11 bits per heavy atom. The number of halogens is 3. The first kappa shape index (κ1) is 13.3. The standard InChI is InChI=1S/C14H12F3NO/c1-19-11-5-2-9(3-6-11)12-7-4-10(8-13(12)18)14(15,16)17/h2-8H,18H2,1H3. The Bertz CT molecular complexity index is 576. The van der Waals surface area contributed by atoms with E-state index in [1.165, 1.54) is 6.07 Å². The van der Waals surface area contributed by atoms with E-state index in [2.05, 4.69) is 0 Å². The molecule has 2 N–H and O–H groups in total. The lowest BCUT2D eigenvalue weighted by molar-refractivity contribution is -0.137. The van der Waals surface area contributed by atoms with E-state index in [4.69, 9.17) is 10.5 Å². The molecule has 19 heavy (non-hydrogen) atoms. The molecule has 0 saturated carbocycles. The van der Waals surface area contributed by atoms with Crippen molar-refractivity contribution in [1.82, 2.24) is 0 Å². The molecule has 0 aliphatic rings. The van der Waals surface area contributed by atoms with E-state index in [1.807, 2.05) is 0 Å². The highest BCUT2D eigenvalue weighted by Crippen LogP contribution is 2.34. The lowest BCUT2D eigenvalue weighted by atomic mass is 10.0. The molecular weight excluding hydrogens is 255 g/mol. The molecule has 0 bridgehead atoms. The first-order chi connectivity index (χ1) is 8.91. The van der Waals surface area contributed by atoms with Gasteiger partial charge in [-0.1, -0.05) is 18.2 Å². The van der Waals surface area contributed by atoms with Gasteiger partial charge in [0, 0.05) is 11.3 Å². The highest BCUT2D eigenvalue weighted by Gasteiger charge is 2.30. The quantitative estimate of drug-likeness (QED) is 0.836. The number of rotatable bonds is 2. The van der Waals surface area contributed by atoms with Crippen LogP contribution in [-0.4, -0.2) is 7.11 Å². The van der Waals surface area contributed by atoms with Crippen LogP contribution in [0.1, 0.15) is 5.56 Å². The summed E-state index contributed by atoms with van der Waals surface area (Å²) in [6.07, 6.45) is -4.38. The Kier molecular flexibility index (Phi) is 3.38. The smallest absolute Gasteiger partial charge is 0.416 e. The molecule has 0 aliphatic carbocycles. The summed E-state index contributed by atoms with van der Waals surface area (Å²) < 4.78 is 42.6. The van der Waals surface area contributed by atoms with Crippen molar-refractivity contribution in [2.24, 2.45) is 0 Å². The number of hydrogen-bond acceptors (Lipinski definition) is 2. The molecule has 0 saturated heterocycles. The summed E-state index contributed by atoms with van der Waals surface area (Å²) in [6, 6.07) is 10.3. The van der Waals surface area contributed by atoms with Gasteiger partial charge in [0.25, 0.3) is 0 Å². The lowest BCUT2D eigenvalue weighted by Crippen LogP contribution is -2.05. The van der Waals surface area contributed by atoms with E-state index in [9.17, 15) is 13.2 Å². The van der Waals surface area contributed by atoms with Gasteiger partial charge in [-0.05, 0) is 29.8 Å². The summed E-state index contributed by atoms with van der Waals surface area (Å²) in [5.74, 6) is 0.675. The minimum absolute atomic E-state index is 0.0972. The largest absolute Gasteiger partial charge is 0.497 e.